The summed E-state index contributed by atoms with van der Waals surface area (Å²) in [7, 11) is 0. The average Bonchev–Trinajstić information content (AvgIpc) is 3.04. The molecule has 1 unspecified atom stereocenters. The van der Waals surface area contributed by atoms with E-state index in [9.17, 15) is 4.39 Å². The lowest BCUT2D eigenvalue weighted by Gasteiger charge is -2.35. The Labute approximate surface area is 157 Å². The van der Waals surface area contributed by atoms with Gasteiger partial charge in [-0.3, -0.25) is 4.90 Å². The molecule has 2 heterocycles. The van der Waals surface area contributed by atoms with Crippen molar-refractivity contribution < 1.29 is 4.39 Å². The van der Waals surface area contributed by atoms with Gasteiger partial charge in [0.2, 0.25) is 0 Å². The maximum atomic E-state index is 14.6. The summed E-state index contributed by atoms with van der Waals surface area (Å²) in [6, 6.07) is 12.5. The molecule has 1 aromatic heterocycles. The third-order valence-corrected chi connectivity index (χ3v) is 5.03. The molecule has 1 aliphatic rings. The molecule has 0 fully saturated rings. The highest BCUT2D eigenvalue weighted by molar-refractivity contribution is 9.10. The largest absolute Gasteiger partial charge is 0.283 e. The molecule has 0 bridgehead atoms. The first-order chi connectivity index (χ1) is 12.1. The van der Waals surface area contributed by atoms with Gasteiger partial charge in [0.05, 0.1) is 6.54 Å². The summed E-state index contributed by atoms with van der Waals surface area (Å²) in [6.45, 7) is 2.05. The molecule has 8 heteroatoms. The van der Waals surface area contributed by atoms with Crippen molar-refractivity contribution in [1.29, 1.82) is 0 Å². The van der Waals surface area contributed by atoms with E-state index in [-0.39, 0.29) is 11.9 Å². The molecule has 0 radical (unpaired) electrons. The van der Waals surface area contributed by atoms with Gasteiger partial charge in [-0.1, -0.05) is 45.7 Å². The Bertz CT molecular complexity index is 916. The Morgan fingerprint density at radius 1 is 1.20 bits per heavy atom. The number of nitrogens with zero attached hydrogens (tertiary/aromatic N) is 5. The number of rotatable bonds is 3. The molecule has 0 amide bonds. The monoisotopic (exact) mass is 421 g/mol. The third-order valence-electron chi connectivity index (χ3n) is 4.30. The first-order valence-electron chi connectivity index (χ1n) is 7.81. The van der Waals surface area contributed by atoms with Gasteiger partial charge in [-0.05, 0) is 40.3 Å². The Morgan fingerprint density at radius 2 is 2.08 bits per heavy atom. The van der Waals surface area contributed by atoms with E-state index in [4.69, 9.17) is 11.6 Å². The summed E-state index contributed by atoms with van der Waals surface area (Å²) in [4.78, 5) is 2.18. The van der Waals surface area contributed by atoms with Gasteiger partial charge in [0.15, 0.2) is 5.82 Å². The summed E-state index contributed by atoms with van der Waals surface area (Å²) in [5.41, 5.74) is 1.66. The quantitative estimate of drug-likeness (QED) is 0.643. The summed E-state index contributed by atoms with van der Waals surface area (Å²) in [5, 5.41) is 12.3. The van der Waals surface area contributed by atoms with Crippen molar-refractivity contribution in [2.45, 2.75) is 19.1 Å². The summed E-state index contributed by atoms with van der Waals surface area (Å²) >= 11 is 9.41. The minimum Gasteiger partial charge on any atom is -0.283 e. The zero-order chi connectivity index (χ0) is 17.4. The Hall–Kier alpha value is -1.83. The number of hydrogen-bond acceptors (Lipinski definition) is 4. The molecule has 0 saturated carbocycles. The molecule has 3 aromatic rings. The van der Waals surface area contributed by atoms with E-state index in [2.05, 4.69) is 48.5 Å². The van der Waals surface area contributed by atoms with Crippen molar-refractivity contribution in [1.82, 2.24) is 25.1 Å². The van der Waals surface area contributed by atoms with E-state index in [1.54, 1.807) is 16.8 Å². The molecule has 4 rings (SSSR count). The molecule has 0 spiro atoms. The molecule has 0 saturated heterocycles. The fourth-order valence-corrected chi connectivity index (χ4v) is 3.79. The highest BCUT2D eigenvalue weighted by Crippen LogP contribution is 2.33. The SMILES string of the molecule is Fc1cc(Cl)ccc1C1c2nnnn2CCN1Cc1cccc(Br)c1. The van der Waals surface area contributed by atoms with Crippen LogP contribution in [0.15, 0.2) is 46.9 Å². The van der Waals surface area contributed by atoms with Crippen molar-refractivity contribution in [3.63, 3.8) is 0 Å². The summed E-state index contributed by atoms with van der Waals surface area (Å²) in [5.74, 6) is 0.288. The smallest absolute Gasteiger partial charge is 0.173 e. The van der Waals surface area contributed by atoms with Crippen LogP contribution in [0.3, 0.4) is 0 Å². The van der Waals surface area contributed by atoms with Gasteiger partial charge in [-0.15, -0.1) is 5.10 Å². The van der Waals surface area contributed by atoms with Gasteiger partial charge < -0.3 is 0 Å². The number of aromatic nitrogens is 4. The van der Waals surface area contributed by atoms with Crippen molar-refractivity contribution >= 4 is 27.5 Å². The normalized spacial score (nSPS) is 17.5. The van der Waals surface area contributed by atoms with Crippen LogP contribution >= 0.6 is 27.5 Å². The standard InChI is InChI=1S/C17H14BrClFN5/c18-12-3-1-2-11(8-12)10-24-6-7-25-17(21-22-23-25)16(24)14-5-4-13(19)9-15(14)20/h1-5,8-9,16H,6-7,10H2. The van der Waals surface area contributed by atoms with Gasteiger partial charge in [-0.2, -0.15) is 0 Å². The van der Waals surface area contributed by atoms with Crippen LogP contribution in [0.5, 0.6) is 0 Å². The Morgan fingerprint density at radius 3 is 2.88 bits per heavy atom. The lowest BCUT2D eigenvalue weighted by molar-refractivity contribution is 0.161. The molecule has 1 aliphatic heterocycles. The second-order valence-corrected chi connectivity index (χ2v) is 7.28. The van der Waals surface area contributed by atoms with Gasteiger partial charge in [0, 0.05) is 28.1 Å². The first-order valence-corrected chi connectivity index (χ1v) is 8.98. The zero-order valence-electron chi connectivity index (χ0n) is 13.1. The van der Waals surface area contributed by atoms with Crippen LogP contribution in [0.25, 0.3) is 0 Å². The van der Waals surface area contributed by atoms with Crippen molar-refractivity contribution in [3.05, 3.63) is 74.7 Å². The number of hydrogen-bond donors (Lipinski definition) is 0. The lowest BCUT2D eigenvalue weighted by atomic mass is 10.0. The molecule has 1 atom stereocenters. The molecule has 5 nitrogen and oxygen atoms in total. The van der Waals surface area contributed by atoms with Gasteiger partial charge in [0.25, 0.3) is 0 Å². The van der Waals surface area contributed by atoms with E-state index in [0.29, 0.717) is 29.5 Å². The van der Waals surface area contributed by atoms with Crippen molar-refractivity contribution in [3.8, 4) is 0 Å². The van der Waals surface area contributed by atoms with Crippen molar-refractivity contribution in [2.75, 3.05) is 6.54 Å². The van der Waals surface area contributed by atoms with Gasteiger partial charge >= 0.3 is 0 Å². The minimum atomic E-state index is -0.361. The zero-order valence-corrected chi connectivity index (χ0v) is 15.5. The van der Waals surface area contributed by atoms with Gasteiger partial charge in [0.1, 0.15) is 11.9 Å². The van der Waals surface area contributed by atoms with Crippen LogP contribution in [0.1, 0.15) is 23.0 Å². The van der Waals surface area contributed by atoms with E-state index >= 15 is 0 Å². The minimum absolute atomic E-state index is 0.354. The van der Waals surface area contributed by atoms with Crippen LogP contribution in [-0.2, 0) is 13.1 Å². The Balaban J connectivity index is 1.75. The molecule has 0 aliphatic carbocycles. The third kappa shape index (κ3) is 3.31. The molecule has 128 valence electrons. The summed E-state index contributed by atoms with van der Waals surface area (Å²) in [6.07, 6.45) is 0. The maximum absolute atomic E-state index is 14.6. The number of halogens is 3. The number of tetrazole rings is 1. The van der Waals surface area contributed by atoms with Crippen LogP contribution in [0.2, 0.25) is 5.02 Å². The topological polar surface area (TPSA) is 46.8 Å². The molecular formula is C17H14BrClFN5. The lowest BCUT2D eigenvalue weighted by Crippen LogP contribution is -2.39. The van der Waals surface area contributed by atoms with E-state index in [0.717, 1.165) is 16.6 Å². The number of fused-ring (bicyclic) bond motifs is 1. The maximum Gasteiger partial charge on any atom is 0.173 e. The Kier molecular flexibility index (Phi) is 4.54. The second-order valence-electron chi connectivity index (χ2n) is 5.93. The molecule has 2 aromatic carbocycles. The number of benzene rings is 2. The van der Waals surface area contributed by atoms with Crippen molar-refractivity contribution in [2.24, 2.45) is 0 Å². The fraction of sp³-hybridized carbons (Fsp3) is 0.235. The average molecular weight is 423 g/mol. The van der Waals surface area contributed by atoms with Crippen LogP contribution in [-0.4, -0.2) is 31.7 Å². The molecular weight excluding hydrogens is 409 g/mol. The fourth-order valence-electron chi connectivity index (χ4n) is 3.18. The first kappa shape index (κ1) is 16.6. The van der Waals surface area contributed by atoms with Crippen LogP contribution in [0, 0.1) is 5.82 Å². The van der Waals surface area contributed by atoms with Gasteiger partial charge in [-0.25, -0.2) is 9.07 Å². The highest BCUT2D eigenvalue weighted by Gasteiger charge is 2.33. The van der Waals surface area contributed by atoms with Crippen LogP contribution in [0.4, 0.5) is 4.39 Å². The predicted molar refractivity (Wildman–Crippen MR) is 95.6 cm³/mol. The molecule has 0 N–H and O–H groups in total. The highest BCUT2D eigenvalue weighted by atomic mass is 79.9. The summed E-state index contributed by atoms with van der Waals surface area (Å²) < 4.78 is 17.4. The van der Waals surface area contributed by atoms with E-state index < -0.39 is 0 Å². The van der Waals surface area contributed by atoms with E-state index in [1.165, 1.54) is 6.07 Å². The van der Waals surface area contributed by atoms with E-state index in [1.807, 2.05) is 12.1 Å². The predicted octanol–water partition coefficient (Wildman–Crippen LogP) is 3.83. The van der Waals surface area contributed by atoms with Crippen LogP contribution < -0.4 is 0 Å². The molecule has 25 heavy (non-hydrogen) atoms. The second kappa shape index (κ2) is 6.82.